The summed E-state index contributed by atoms with van der Waals surface area (Å²) in [5, 5.41) is 4.85. The Bertz CT molecular complexity index is 1270. The molecule has 1 aliphatic rings. The first kappa shape index (κ1) is 17.6. The van der Waals surface area contributed by atoms with Gasteiger partial charge in [-0.15, -0.1) is 0 Å². The summed E-state index contributed by atoms with van der Waals surface area (Å²) in [4.78, 5) is 14.3. The van der Waals surface area contributed by atoms with Crippen LogP contribution in [0.15, 0.2) is 72.9 Å². The van der Waals surface area contributed by atoms with Crippen LogP contribution in [0.5, 0.6) is 0 Å². The van der Waals surface area contributed by atoms with E-state index in [0.717, 1.165) is 50.5 Å². The largest absolute Gasteiger partial charge is 0.369 e. The van der Waals surface area contributed by atoms with Gasteiger partial charge in [0.25, 0.3) is 0 Å². The molecule has 4 heterocycles. The summed E-state index contributed by atoms with van der Waals surface area (Å²) in [6.07, 6.45) is 4.09. The molecule has 3 aromatic heterocycles. The number of nitrogens with zero attached hydrogens (tertiary/aromatic N) is 3. The summed E-state index contributed by atoms with van der Waals surface area (Å²) in [5.74, 6) is 0. The molecule has 0 spiro atoms. The molecule has 0 saturated carbocycles. The van der Waals surface area contributed by atoms with Gasteiger partial charge in [0.05, 0.1) is 28.1 Å². The van der Waals surface area contributed by atoms with E-state index in [2.05, 4.69) is 65.8 Å². The number of aromatic nitrogens is 3. The zero-order valence-corrected chi connectivity index (χ0v) is 16.8. The number of nitrogens with one attached hydrogen (secondary N) is 1. The quantitative estimate of drug-likeness (QED) is 0.506. The number of hydrogen-bond donors (Lipinski definition) is 1. The Morgan fingerprint density at radius 3 is 2.41 bits per heavy atom. The fourth-order valence-corrected chi connectivity index (χ4v) is 4.03. The van der Waals surface area contributed by atoms with Crippen LogP contribution in [0.3, 0.4) is 0 Å². The molecule has 1 aliphatic heterocycles. The van der Waals surface area contributed by atoms with Gasteiger partial charge in [-0.05, 0) is 57.2 Å². The van der Waals surface area contributed by atoms with Crippen molar-refractivity contribution >= 4 is 22.2 Å². The van der Waals surface area contributed by atoms with Gasteiger partial charge in [-0.1, -0.05) is 30.3 Å². The van der Waals surface area contributed by atoms with Crippen molar-refractivity contribution in [2.24, 2.45) is 0 Å². The summed E-state index contributed by atoms with van der Waals surface area (Å²) in [5.41, 5.74) is 7.64. The number of pyridine rings is 3. The molecule has 5 rings (SSSR count). The van der Waals surface area contributed by atoms with E-state index in [4.69, 9.17) is 9.97 Å². The van der Waals surface area contributed by atoms with Gasteiger partial charge in [-0.2, -0.15) is 0 Å². The maximum Gasteiger partial charge on any atom is 0.0963 e. The average molecular weight is 378 g/mol. The first-order chi connectivity index (χ1) is 14.0. The normalized spacial score (nSPS) is 18.1. The highest BCUT2D eigenvalue weighted by atomic mass is 15.0. The van der Waals surface area contributed by atoms with Gasteiger partial charge >= 0.3 is 0 Å². The van der Waals surface area contributed by atoms with Crippen molar-refractivity contribution in [2.45, 2.75) is 26.3 Å². The summed E-state index contributed by atoms with van der Waals surface area (Å²) in [7, 11) is 0. The van der Waals surface area contributed by atoms with E-state index >= 15 is 0 Å². The minimum Gasteiger partial charge on any atom is -0.369 e. The second-order valence-electron chi connectivity index (χ2n) is 7.78. The van der Waals surface area contributed by atoms with Crippen LogP contribution in [-0.2, 0) is 5.54 Å². The lowest BCUT2D eigenvalue weighted by Crippen LogP contribution is -2.34. The van der Waals surface area contributed by atoms with E-state index in [-0.39, 0.29) is 0 Å². The number of rotatable bonds is 2. The predicted octanol–water partition coefficient (Wildman–Crippen LogP) is 5.41. The molecule has 0 saturated heterocycles. The number of benzene rings is 1. The lowest BCUT2D eigenvalue weighted by atomic mass is 9.84. The molecule has 4 heteroatoms. The molecule has 1 atom stereocenters. The van der Waals surface area contributed by atoms with E-state index in [1.165, 1.54) is 0 Å². The Morgan fingerprint density at radius 2 is 1.62 bits per heavy atom. The van der Waals surface area contributed by atoms with Gasteiger partial charge in [-0.3, -0.25) is 15.0 Å². The van der Waals surface area contributed by atoms with Crippen molar-refractivity contribution in [1.29, 1.82) is 0 Å². The second kappa shape index (κ2) is 6.52. The monoisotopic (exact) mass is 378 g/mol. The lowest BCUT2D eigenvalue weighted by molar-refractivity contribution is 0.656. The Hall–Kier alpha value is -3.53. The number of aryl methyl sites for hydroxylation is 2. The lowest BCUT2D eigenvalue weighted by Gasteiger charge is -2.35. The van der Waals surface area contributed by atoms with E-state index in [0.29, 0.717) is 0 Å². The topological polar surface area (TPSA) is 50.7 Å². The van der Waals surface area contributed by atoms with Crippen LogP contribution in [0.4, 0.5) is 5.69 Å². The van der Waals surface area contributed by atoms with Crippen LogP contribution >= 0.6 is 0 Å². The summed E-state index contributed by atoms with van der Waals surface area (Å²) in [6, 6.07) is 20.6. The van der Waals surface area contributed by atoms with Crippen LogP contribution < -0.4 is 5.32 Å². The molecule has 1 aromatic carbocycles. The smallest absolute Gasteiger partial charge is 0.0963 e. The van der Waals surface area contributed by atoms with Gasteiger partial charge in [0.1, 0.15) is 0 Å². The van der Waals surface area contributed by atoms with Crippen LogP contribution in [-0.4, -0.2) is 15.0 Å². The molecule has 4 aromatic rings. The van der Waals surface area contributed by atoms with Crippen molar-refractivity contribution in [2.75, 3.05) is 5.32 Å². The van der Waals surface area contributed by atoms with E-state index < -0.39 is 5.54 Å². The molecule has 0 fully saturated rings. The molecule has 0 radical (unpaired) electrons. The number of hydrogen-bond acceptors (Lipinski definition) is 4. The Kier molecular flexibility index (Phi) is 3.95. The molecule has 0 bridgehead atoms. The predicted molar refractivity (Wildman–Crippen MR) is 118 cm³/mol. The van der Waals surface area contributed by atoms with Crippen LogP contribution in [0.1, 0.15) is 35.3 Å². The highest BCUT2D eigenvalue weighted by Crippen LogP contribution is 2.43. The Labute approximate surface area is 170 Å². The zero-order valence-electron chi connectivity index (χ0n) is 16.8. The fourth-order valence-electron chi connectivity index (χ4n) is 4.03. The summed E-state index contributed by atoms with van der Waals surface area (Å²) >= 11 is 0. The Balaban J connectivity index is 1.81. The van der Waals surface area contributed by atoms with Crippen molar-refractivity contribution < 1.29 is 0 Å². The standard InChI is InChI=1S/C25H22N4/c1-16-7-4-10-21(27-16)20-15-25(3,22-11-5-8-17(2)28-22)29-24-19(20)13-12-18-9-6-14-26-23(18)24/h4-15,29H,1-3H3. The molecule has 1 N–H and O–H groups in total. The first-order valence-electron chi connectivity index (χ1n) is 9.81. The van der Waals surface area contributed by atoms with Gasteiger partial charge in [0.15, 0.2) is 0 Å². The van der Waals surface area contributed by atoms with Crippen molar-refractivity contribution in [3.8, 4) is 0 Å². The van der Waals surface area contributed by atoms with Crippen LogP contribution in [0, 0.1) is 13.8 Å². The maximum atomic E-state index is 4.82. The summed E-state index contributed by atoms with van der Waals surface area (Å²) < 4.78 is 0. The van der Waals surface area contributed by atoms with Gasteiger partial charge in [0.2, 0.25) is 0 Å². The third-order valence-corrected chi connectivity index (χ3v) is 5.47. The fraction of sp³-hybridized carbons (Fsp3) is 0.160. The molecular formula is C25H22N4. The summed E-state index contributed by atoms with van der Waals surface area (Å²) in [6.45, 7) is 6.21. The first-order valence-corrected chi connectivity index (χ1v) is 9.81. The van der Waals surface area contributed by atoms with Gasteiger partial charge in [0, 0.05) is 34.1 Å². The molecular weight excluding hydrogens is 356 g/mol. The third kappa shape index (κ3) is 2.97. The second-order valence-corrected chi connectivity index (χ2v) is 7.78. The Morgan fingerprint density at radius 1 is 0.828 bits per heavy atom. The molecule has 29 heavy (non-hydrogen) atoms. The van der Waals surface area contributed by atoms with Gasteiger partial charge < -0.3 is 5.32 Å². The van der Waals surface area contributed by atoms with Crippen molar-refractivity contribution in [3.05, 3.63) is 101 Å². The highest BCUT2D eigenvalue weighted by Gasteiger charge is 2.33. The SMILES string of the molecule is Cc1cccc(C2=CC(C)(c3cccc(C)n3)Nc3c2ccc2cccnc32)n1. The van der Waals surface area contributed by atoms with Crippen molar-refractivity contribution in [3.63, 3.8) is 0 Å². The molecule has 0 aliphatic carbocycles. The minimum atomic E-state index is -0.481. The zero-order chi connectivity index (χ0) is 20.0. The van der Waals surface area contributed by atoms with E-state index in [9.17, 15) is 0 Å². The molecule has 142 valence electrons. The molecule has 0 amide bonds. The third-order valence-electron chi connectivity index (χ3n) is 5.47. The highest BCUT2D eigenvalue weighted by molar-refractivity contribution is 6.01. The number of fused-ring (bicyclic) bond motifs is 3. The molecule has 4 nitrogen and oxygen atoms in total. The van der Waals surface area contributed by atoms with Gasteiger partial charge in [-0.25, -0.2) is 0 Å². The number of anilines is 1. The molecule has 1 unspecified atom stereocenters. The van der Waals surface area contributed by atoms with E-state index in [1.807, 2.05) is 38.2 Å². The average Bonchev–Trinajstić information content (AvgIpc) is 2.73. The van der Waals surface area contributed by atoms with Crippen molar-refractivity contribution in [1.82, 2.24) is 15.0 Å². The van der Waals surface area contributed by atoms with Crippen LogP contribution in [0.2, 0.25) is 0 Å². The minimum absolute atomic E-state index is 0.481. The van der Waals surface area contributed by atoms with E-state index in [1.54, 1.807) is 0 Å². The van der Waals surface area contributed by atoms with Crippen LogP contribution in [0.25, 0.3) is 16.5 Å². The maximum absolute atomic E-state index is 4.82.